The van der Waals surface area contributed by atoms with Crippen molar-refractivity contribution in [3.63, 3.8) is 0 Å². The second-order valence-electron chi connectivity index (χ2n) is 12.3. The number of hydrogen-bond donors (Lipinski definition) is 0. The zero-order valence-electron chi connectivity index (χ0n) is 27.1. The summed E-state index contributed by atoms with van der Waals surface area (Å²) in [5, 5.41) is 0. The summed E-state index contributed by atoms with van der Waals surface area (Å²) in [6.45, 7) is 3.96. The number of aromatic nitrogens is 4. The molecule has 0 radical (unpaired) electrons. The van der Waals surface area contributed by atoms with Gasteiger partial charge in [0, 0.05) is 27.9 Å². The summed E-state index contributed by atoms with van der Waals surface area (Å²) >= 11 is 0. The van der Waals surface area contributed by atoms with E-state index in [2.05, 4.69) is 132 Å². The molecule has 2 heterocycles. The van der Waals surface area contributed by atoms with Crippen LogP contribution in [0.5, 0.6) is 0 Å². The van der Waals surface area contributed by atoms with Crippen molar-refractivity contribution in [3.8, 4) is 67.4 Å². The van der Waals surface area contributed by atoms with Gasteiger partial charge in [0.05, 0.1) is 17.1 Å². The minimum absolute atomic E-state index is 0.692. The Bertz CT molecular complexity index is 2230. The largest absolute Gasteiger partial charge is 0.239 e. The van der Waals surface area contributed by atoms with Gasteiger partial charge in [-0.3, -0.25) is 0 Å². The molecule has 8 rings (SSSR count). The van der Waals surface area contributed by atoms with Crippen LogP contribution in [0.1, 0.15) is 29.1 Å². The Morgan fingerprint density at radius 1 is 0.458 bits per heavy atom. The van der Waals surface area contributed by atoms with Crippen LogP contribution in [0.3, 0.4) is 0 Å². The fourth-order valence-electron chi connectivity index (χ4n) is 6.61. The van der Waals surface area contributed by atoms with Crippen LogP contribution in [0.15, 0.2) is 140 Å². The summed E-state index contributed by atoms with van der Waals surface area (Å²) in [5.41, 5.74) is 15.0. The zero-order chi connectivity index (χ0) is 32.5. The lowest BCUT2D eigenvalue weighted by Gasteiger charge is -2.17. The van der Waals surface area contributed by atoms with Gasteiger partial charge >= 0.3 is 0 Å². The van der Waals surface area contributed by atoms with E-state index in [0.717, 1.165) is 80.4 Å². The van der Waals surface area contributed by atoms with E-state index in [1.54, 1.807) is 0 Å². The number of nitrogens with zero attached hydrogens (tertiary/aromatic N) is 4. The molecule has 0 unspecified atom stereocenters. The highest BCUT2D eigenvalue weighted by atomic mass is 14.9. The Balaban J connectivity index is 1.35. The van der Waals surface area contributed by atoms with E-state index in [4.69, 9.17) is 15.0 Å². The molecule has 0 saturated carbocycles. The molecule has 5 aromatic carbocycles. The molecule has 0 atom stereocenters. The maximum atomic E-state index is 5.20. The van der Waals surface area contributed by atoms with Gasteiger partial charge in [0.15, 0.2) is 5.82 Å². The Morgan fingerprint density at radius 2 is 1.06 bits per heavy atom. The molecule has 0 fully saturated rings. The summed E-state index contributed by atoms with van der Waals surface area (Å²) < 4.78 is 0. The molecule has 48 heavy (non-hydrogen) atoms. The van der Waals surface area contributed by atoms with Crippen molar-refractivity contribution in [2.75, 3.05) is 0 Å². The molecular formula is C44H34N4. The van der Waals surface area contributed by atoms with Crippen molar-refractivity contribution in [1.29, 1.82) is 0 Å². The van der Waals surface area contributed by atoms with E-state index in [-0.39, 0.29) is 0 Å². The number of rotatable bonds is 6. The second kappa shape index (κ2) is 12.7. The normalized spacial score (nSPS) is 12.1. The number of allylic oxidation sites excluding steroid dienone is 1. The van der Waals surface area contributed by atoms with Crippen LogP contribution < -0.4 is 0 Å². The van der Waals surface area contributed by atoms with Gasteiger partial charge in [-0.1, -0.05) is 109 Å². The van der Waals surface area contributed by atoms with Crippen molar-refractivity contribution < 1.29 is 0 Å². The minimum Gasteiger partial charge on any atom is -0.239 e. The van der Waals surface area contributed by atoms with Crippen LogP contribution in [0.2, 0.25) is 0 Å². The highest BCUT2D eigenvalue weighted by molar-refractivity contribution is 5.86. The van der Waals surface area contributed by atoms with Gasteiger partial charge in [0.25, 0.3) is 0 Å². The van der Waals surface area contributed by atoms with Crippen molar-refractivity contribution in [1.82, 2.24) is 19.9 Å². The molecule has 0 spiro atoms. The average molecular weight is 619 g/mol. The molecule has 0 aliphatic heterocycles. The van der Waals surface area contributed by atoms with Gasteiger partial charge in [-0.15, -0.1) is 0 Å². The monoisotopic (exact) mass is 618 g/mol. The van der Waals surface area contributed by atoms with Crippen molar-refractivity contribution in [3.05, 3.63) is 162 Å². The van der Waals surface area contributed by atoms with Gasteiger partial charge < -0.3 is 0 Å². The Kier molecular flexibility index (Phi) is 7.75. The third-order valence-corrected chi connectivity index (χ3v) is 8.89. The first-order valence-electron chi connectivity index (χ1n) is 16.4. The van der Waals surface area contributed by atoms with E-state index in [1.165, 1.54) is 16.7 Å². The number of fused-ring (bicyclic) bond motifs is 1. The number of hydrogen-bond acceptors (Lipinski definition) is 4. The average Bonchev–Trinajstić information content (AvgIpc) is 3.14. The molecule has 1 aliphatic carbocycles. The van der Waals surface area contributed by atoms with Crippen LogP contribution in [-0.2, 0) is 6.42 Å². The first-order valence-corrected chi connectivity index (χ1v) is 16.4. The summed E-state index contributed by atoms with van der Waals surface area (Å²) in [4.78, 5) is 19.6. The lowest BCUT2D eigenvalue weighted by molar-refractivity contribution is 0.986. The number of benzene rings is 5. The summed E-state index contributed by atoms with van der Waals surface area (Å²) in [7, 11) is 0. The van der Waals surface area contributed by atoms with Gasteiger partial charge in [-0.2, -0.15) is 0 Å². The van der Waals surface area contributed by atoms with E-state index in [0.29, 0.717) is 5.82 Å². The number of aryl methyl sites for hydroxylation is 3. The van der Waals surface area contributed by atoms with Gasteiger partial charge in [0.1, 0.15) is 5.82 Å². The highest BCUT2D eigenvalue weighted by Crippen LogP contribution is 2.38. The van der Waals surface area contributed by atoms with Crippen molar-refractivity contribution >= 4 is 6.08 Å². The van der Waals surface area contributed by atoms with E-state index < -0.39 is 0 Å². The standard InChI is InChI=1S/C44H34N4/c1-29-23-41(46-30(2)45-29)35-20-11-19-34(24-35)36-25-37(40-22-12-18-31-13-9-10-21-39(31)40)27-38(26-36)44-47-42(32-14-5-3-6-15-32)28-43(48-44)33-16-7-4-8-17-33/h3-8,10-12,14-28H,9,13H2,1-2H3. The van der Waals surface area contributed by atoms with E-state index in [1.807, 2.05) is 32.0 Å². The maximum Gasteiger partial charge on any atom is 0.160 e. The molecule has 0 N–H and O–H groups in total. The predicted molar refractivity (Wildman–Crippen MR) is 197 cm³/mol. The molecule has 4 nitrogen and oxygen atoms in total. The molecule has 0 amide bonds. The molecule has 4 heteroatoms. The fraction of sp³-hybridized carbons (Fsp3) is 0.0909. The lowest BCUT2D eigenvalue weighted by Crippen LogP contribution is -1.99. The quantitative estimate of drug-likeness (QED) is 0.186. The van der Waals surface area contributed by atoms with Crippen LogP contribution in [0, 0.1) is 13.8 Å². The summed E-state index contributed by atoms with van der Waals surface area (Å²) in [6, 6.07) is 46.9. The van der Waals surface area contributed by atoms with Gasteiger partial charge in [-0.25, -0.2) is 19.9 Å². The molecule has 230 valence electrons. The summed E-state index contributed by atoms with van der Waals surface area (Å²) in [6.07, 6.45) is 6.68. The molecule has 1 aliphatic rings. The van der Waals surface area contributed by atoms with Crippen LogP contribution in [0.25, 0.3) is 73.5 Å². The fourth-order valence-corrected chi connectivity index (χ4v) is 6.61. The Labute approximate surface area is 281 Å². The topological polar surface area (TPSA) is 51.6 Å². The van der Waals surface area contributed by atoms with Crippen LogP contribution in [-0.4, -0.2) is 19.9 Å². The van der Waals surface area contributed by atoms with Gasteiger partial charge in [0.2, 0.25) is 0 Å². The predicted octanol–water partition coefficient (Wildman–Crippen LogP) is 10.8. The first kappa shape index (κ1) is 29.4. The summed E-state index contributed by atoms with van der Waals surface area (Å²) in [5.74, 6) is 1.46. The van der Waals surface area contributed by atoms with Crippen LogP contribution in [0.4, 0.5) is 0 Å². The second-order valence-corrected chi connectivity index (χ2v) is 12.3. The molecule has 2 aromatic heterocycles. The lowest BCUT2D eigenvalue weighted by atomic mass is 9.88. The molecular weight excluding hydrogens is 585 g/mol. The minimum atomic E-state index is 0.692. The Morgan fingerprint density at radius 3 is 1.79 bits per heavy atom. The Hall–Kier alpha value is -6.00. The highest BCUT2D eigenvalue weighted by Gasteiger charge is 2.17. The maximum absolute atomic E-state index is 5.20. The smallest absolute Gasteiger partial charge is 0.160 e. The molecule has 0 bridgehead atoms. The first-order chi connectivity index (χ1) is 23.6. The zero-order valence-corrected chi connectivity index (χ0v) is 27.1. The van der Waals surface area contributed by atoms with E-state index in [9.17, 15) is 0 Å². The molecule has 0 saturated heterocycles. The SMILES string of the molecule is Cc1cc(-c2cccc(-c3cc(-c4nc(-c5ccccc5)cc(-c5ccccc5)n4)cc(-c4cccc5c4C=CCC5)c3)c2)nc(C)n1. The molecule has 7 aromatic rings. The van der Waals surface area contributed by atoms with Gasteiger partial charge in [-0.05, 0) is 96.5 Å². The van der Waals surface area contributed by atoms with Crippen molar-refractivity contribution in [2.45, 2.75) is 26.7 Å². The third kappa shape index (κ3) is 5.96. The van der Waals surface area contributed by atoms with Crippen LogP contribution >= 0.6 is 0 Å². The third-order valence-electron chi connectivity index (χ3n) is 8.89. The van der Waals surface area contributed by atoms with E-state index >= 15 is 0 Å². The van der Waals surface area contributed by atoms with Crippen molar-refractivity contribution in [2.24, 2.45) is 0 Å².